The molecule has 1 heteroatoms. The normalized spacial score (nSPS) is 10.3. The van der Waals surface area contributed by atoms with E-state index in [-0.39, 0.29) is 0 Å². The minimum absolute atomic E-state index is 0.870. The Morgan fingerprint density at radius 2 is 1.82 bits per heavy atom. The van der Waals surface area contributed by atoms with Crippen molar-refractivity contribution in [3.05, 3.63) is 37.5 Å². The lowest BCUT2D eigenvalue weighted by Crippen LogP contribution is -1.83. The van der Waals surface area contributed by atoms with Crippen LogP contribution in [0.2, 0.25) is 0 Å². The number of allylic oxidation sites excluding steroid dienone is 4. The molecule has 0 atom stereocenters. The van der Waals surface area contributed by atoms with E-state index in [1.54, 1.807) is 19.2 Å². The summed E-state index contributed by atoms with van der Waals surface area (Å²) >= 11 is 0. The van der Waals surface area contributed by atoms with E-state index < -0.39 is 0 Å². The van der Waals surface area contributed by atoms with Gasteiger partial charge in [0.15, 0.2) is 0 Å². The largest absolute Gasteiger partial charge is 0.289 e. The van der Waals surface area contributed by atoms with Gasteiger partial charge in [0, 0.05) is 7.05 Å². The lowest BCUT2D eigenvalue weighted by atomic mass is 10.3. The van der Waals surface area contributed by atoms with Crippen molar-refractivity contribution in [2.75, 3.05) is 7.05 Å². The van der Waals surface area contributed by atoms with Crippen molar-refractivity contribution in [3.8, 4) is 0 Å². The second-order valence-corrected chi connectivity index (χ2v) is 1.45. The Bertz CT molecular complexity index is 152. The first-order chi connectivity index (χ1) is 5.35. The summed E-state index contributed by atoms with van der Waals surface area (Å²) in [4.78, 5) is 3.91. The van der Waals surface area contributed by atoms with E-state index in [0.717, 1.165) is 5.71 Å². The van der Waals surface area contributed by atoms with Crippen molar-refractivity contribution >= 4 is 5.71 Å². The number of hydrogen-bond donors (Lipinski definition) is 0. The van der Waals surface area contributed by atoms with E-state index >= 15 is 0 Å². The maximum absolute atomic E-state index is 3.91. The molecule has 0 aliphatic heterocycles. The number of hydrogen-bond acceptors (Lipinski definition) is 1. The molecule has 11 heavy (non-hydrogen) atoms. The molecular formula is C10H17N. The van der Waals surface area contributed by atoms with Gasteiger partial charge in [-0.25, -0.2) is 0 Å². The molecule has 0 fully saturated rings. The standard InChI is InChI=1S/C8H11N.C2H6/c1-4-6-7-8(5-2)9-3;1-2/h4-7H,1-2H2,3H3;1-2H3/b7-6-,9-8?;. The van der Waals surface area contributed by atoms with E-state index in [2.05, 4.69) is 18.2 Å². The topological polar surface area (TPSA) is 12.4 Å². The van der Waals surface area contributed by atoms with Gasteiger partial charge in [0.25, 0.3) is 0 Å². The van der Waals surface area contributed by atoms with Crippen LogP contribution in [0.3, 0.4) is 0 Å². The van der Waals surface area contributed by atoms with Gasteiger partial charge in [-0.3, -0.25) is 4.99 Å². The summed E-state index contributed by atoms with van der Waals surface area (Å²) in [6.45, 7) is 11.1. The lowest BCUT2D eigenvalue weighted by Gasteiger charge is -1.84. The Morgan fingerprint density at radius 1 is 1.27 bits per heavy atom. The van der Waals surface area contributed by atoms with Crippen LogP contribution in [0.4, 0.5) is 0 Å². The van der Waals surface area contributed by atoms with E-state index in [4.69, 9.17) is 0 Å². The Kier molecular flexibility index (Phi) is 13.3. The van der Waals surface area contributed by atoms with Crippen LogP contribution >= 0.6 is 0 Å². The first-order valence-electron chi connectivity index (χ1n) is 3.73. The van der Waals surface area contributed by atoms with Gasteiger partial charge in [0.05, 0.1) is 5.71 Å². The molecule has 0 heterocycles. The molecule has 0 rings (SSSR count). The third-order valence-electron chi connectivity index (χ3n) is 0.870. The molecule has 0 aliphatic rings. The van der Waals surface area contributed by atoms with Gasteiger partial charge in [-0.15, -0.1) is 0 Å². The zero-order valence-electron chi connectivity index (χ0n) is 7.67. The summed E-state index contributed by atoms with van der Waals surface area (Å²) in [5.41, 5.74) is 0.870. The van der Waals surface area contributed by atoms with Crippen LogP contribution in [0, 0.1) is 0 Å². The number of rotatable bonds is 3. The maximum Gasteiger partial charge on any atom is 0.0564 e. The van der Waals surface area contributed by atoms with Crippen LogP contribution in [-0.4, -0.2) is 12.8 Å². The molecule has 0 aromatic rings. The van der Waals surface area contributed by atoms with Crippen molar-refractivity contribution < 1.29 is 0 Å². The molecule has 1 nitrogen and oxygen atoms in total. The van der Waals surface area contributed by atoms with Crippen molar-refractivity contribution in [2.24, 2.45) is 4.99 Å². The second-order valence-electron chi connectivity index (χ2n) is 1.45. The lowest BCUT2D eigenvalue weighted by molar-refractivity contribution is 1.45. The Labute approximate surface area is 69.9 Å². The number of nitrogens with zero attached hydrogens (tertiary/aromatic N) is 1. The Balaban J connectivity index is 0. The summed E-state index contributed by atoms with van der Waals surface area (Å²) in [6.07, 6.45) is 7.07. The molecule has 0 amide bonds. The predicted molar refractivity (Wildman–Crippen MR) is 54.2 cm³/mol. The molecule has 0 saturated carbocycles. The van der Waals surface area contributed by atoms with Gasteiger partial charge in [-0.2, -0.15) is 0 Å². The highest BCUT2D eigenvalue weighted by Crippen LogP contribution is 1.81. The average Bonchev–Trinajstić information content (AvgIpc) is 2.10. The van der Waals surface area contributed by atoms with Gasteiger partial charge in [-0.05, 0) is 12.2 Å². The maximum atomic E-state index is 3.91. The van der Waals surface area contributed by atoms with Gasteiger partial charge in [0.1, 0.15) is 0 Å². The highest BCUT2D eigenvalue weighted by Gasteiger charge is 1.77. The summed E-state index contributed by atoms with van der Waals surface area (Å²) < 4.78 is 0. The van der Waals surface area contributed by atoms with Crippen molar-refractivity contribution in [1.29, 1.82) is 0 Å². The van der Waals surface area contributed by atoms with Crippen molar-refractivity contribution in [1.82, 2.24) is 0 Å². The van der Waals surface area contributed by atoms with Gasteiger partial charge in [-0.1, -0.05) is 39.2 Å². The fourth-order valence-corrected chi connectivity index (χ4v) is 0.400. The van der Waals surface area contributed by atoms with Crippen LogP contribution in [0.25, 0.3) is 0 Å². The van der Waals surface area contributed by atoms with Crippen LogP contribution in [0.1, 0.15) is 13.8 Å². The Hall–Kier alpha value is -1.11. The van der Waals surface area contributed by atoms with Crippen LogP contribution < -0.4 is 0 Å². The molecule has 0 aliphatic carbocycles. The highest BCUT2D eigenvalue weighted by atomic mass is 14.7. The molecule has 0 N–H and O–H groups in total. The van der Waals surface area contributed by atoms with Gasteiger partial charge >= 0.3 is 0 Å². The van der Waals surface area contributed by atoms with Gasteiger partial charge in [0.2, 0.25) is 0 Å². The smallest absolute Gasteiger partial charge is 0.0564 e. The predicted octanol–water partition coefficient (Wildman–Crippen LogP) is 3.01. The molecule has 0 unspecified atom stereocenters. The molecule has 0 saturated heterocycles. The van der Waals surface area contributed by atoms with E-state index in [1.807, 2.05) is 26.0 Å². The van der Waals surface area contributed by atoms with Crippen LogP contribution in [0.5, 0.6) is 0 Å². The van der Waals surface area contributed by atoms with E-state index in [0.29, 0.717) is 0 Å². The summed E-state index contributed by atoms with van der Waals surface area (Å²) in [7, 11) is 1.73. The number of aliphatic imine (C=N–C) groups is 1. The summed E-state index contributed by atoms with van der Waals surface area (Å²) in [5.74, 6) is 0. The molecule has 0 radical (unpaired) electrons. The molecule has 0 bridgehead atoms. The van der Waals surface area contributed by atoms with Crippen molar-refractivity contribution in [3.63, 3.8) is 0 Å². The van der Waals surface area contributed by atoms with Crippen LogP contribution in [0.15, 0.2) is 42.5 Å². The highest BCUT2D eigenvalue weighted by molar-refractivity contribution is 6.03. The first-order valence-corrected chi connectivity index (χ1v) is 3.73. The van der Waals surface area contributed by atoms with Crippen molar-refractivity contribution in [2.45, 2.75) is 13.8 Å². The molecule has 0 aromatic heterocycles. The van der Waals surface area contributed by atoms with E-state index in [9.17, 15) is 0 Å². The molecular weight excluding hydrogens is 134 g/mol. The molecule has 0 aromatic carbocycles. The quantitative estimate of drug-likeness (QED) is 0.434. The zero-order chi connectivity index (χ0) is 9.11. The fourth-order valence-electron chi connectivity index (χ4n) is 0.400. The summed E-state index contributed by atoms with van der Waals surface area (Å²) in [5, 5.41) is 0. The average molecular weight is 151 g/mol. The van der Waals surface area contributed by atoms with Crippen LogP contribution in [-0.2, 0) is 0 Å². The second kappa shape index (κ2) is 11.7. The third kappa shape index (κ3) is 8.89. The minimum Gasteiger partial charge on any atom is -0.289 e. The molecule has 62 valence electrons. The molecule has 0 spiro atoms. The summed E-state index contributed by atoms with van der Waals surface area (Å²) in [6, 6.07) is 0. The van der Waals surface area contributed by atoms with E-state index in [1.165, 1.54) is 0 Å². The van der Waals surface area contributed by atoms with Gasteiger partial charge < -0.3 is 0 Å². The SMILES string of the molecule is C=C/C=C\C(C=C)=NC.CC. The minimum atomic E-state index is 0.870. The first kappa shape index (κ1) is 12.6. The monoisotopic (exact) mass is 151 g/mol. The third-order valence-corrected chi connectivity index (χ3v) is 0.870. The Morgan fingerprint density at radius 3 is 2.09 bits per heavy atom. The fraction of sp³-hybridized carbons (Fsp3) is 0.300. The zero-order valence-corrected chi connectivity index (χ0v) is 7.67.